The number of aromatic nitrogens is 1. The molecule has 172 valence electrons. The number of thiazole rings is 1. The summed E-state index contributed by atoms with van der Waals surface area (Å²) in [5.41, 5.74) is 3.24. The van der Waals surface area contributed by atoms with Crippen molar-refractivity contribution in [2.75, 3.05) is 24.7 Å². The van der Waals surface area contributed by atoms with Gasteiger partial charge in [-0.25, -0.2) is 14.6 Å². The van der Waals surface area contributed by atoms with Crippen molar-refractivity contribution in [2.45, 2.75) is 20.8 Å². The lowest BCUT2D eigenvalue weighted by Crippen LogP contribution is -2.24. The molecule has 33 heavy (non-hydrogen) atoms. The molecule has 3 aromatic rings. The van der Waals surface area contributed by atoms with Crippen LogP contribution in [0.4, 0.5) is 5.69 Å². The molecular formula is C25H25ClN2O4S. The second kappa shape index (κ2) is 11.6. The van der Waals surface area contributed by atoms with Gasteiger partial charge in [0.1, 0.15) is 5.01 Å². The van der Waals surface area contributed by atoms with Crippen LogP contribution < -0.4 is 4.90 Å². The van der Waals surface area contributed by atoms with Crippen LogP contribution in [0.1, 0.15) is 20.8 Å². The van der Waals surface area contributed by atoms with Gasteiger partial charge in [-0.2, -0.15) is 0 Å². The summed E-state index contributed by atoms with van der Waals surface area (Å²) < 4.78 is 10.1. The van der Waals surface area contributed by atoms with E-state index in [2.05, 4.69) is 0 Å². The average molecular weight is 485 g/mol. The Balaban J connectivity index is 1.98. The van der Waals surface area contributed by atoms with Gasteiger partial charge in [-0.05, 0) is 39.0 Å². The number of nitrogens with zero attached hydrogens (tertiary/aromatic N) is 2. The third-order valence-corrected chi connectivity index (χ3v) is 5.91. The molecule has 0 fully saturated rings. The van der Waals surface area contributed by atoms with Crippen molar-refractivity contribution in [3.63, 3.8) is 0 Å². The smallest absolute Gasteiger partial charge is 0.347 e. The molecule has 0 radical (unpaired) electrons. The maximum absolute atomic E-state index is 12.4. The Morgan fingerprint density at radius 2 is 1.70 bits per heavy atom. The van der Waals surface area contributed by atoms with Gasteiger partial charge in [0, 0.05) is 34.9 Å². The first-order chi connectivity index (χ1) is 16.0. The number of esters is 2. The Hall–Kier alpha value is -3.16. The molecule has 0 atom stereocenters. The first-order valence-electron chi connectivity index (χ1n) is 10.6. The van der Waals surface area contributed by atoms with Gasteiger partial charge in [0.05, 0.1) is 23.9 Å². The molecule has 0 saturated carbocycles. The van der Waals surface area contributed by atoms with Gasteiger partial charge in [0.2, 0.25) is 0 Å². The predicted molar refractivity (Wildman–Crippen MR) is 132 cm³/mol. The lowest BCUT2D eigenvalue weighted by Gasteiger charge is -2.21. The summed E-state index contributed by atoms with van der Waals surface area (Å²) in [5, 5.41) is 3.32. The van der Waals surface area contributed by atoms with Crippen LogP contribution in [0.15, 0.2) is 65.7 Å². The van der Waals surface area contributed by atoms with E-state index in [-0.39, 0.29) is 18.8 Å². The van der Waals surface area contributed by atoms with E-state index < -0.39 is 11.9 Å². The molecule has 0 aliphatic carbocycles. The normalized spacial score (nSPS) is 10.4. The number of anilines is 1. The molecule has 0 spiro atoms. The van der Waals surface area contributed by atoms with E-state index in [4.69, 9.17) is 26.1 Å². The van der Waals surface area contributed by atoms with Crippen LogP contribution in [0.5, 0.6) is 0 Å². The van der Waals surface area contributed by atoms with E-state index in [0.29, 0.717) is 11.6 Å². The van der Waals surface area contributed by atoms with Crippen LogP contribution >= 0.6 is 22.9 Å². The molecule has 3 rings (SSSR count). The van der Waals surface area contributed by atoms with E-state index in [1.807, 2.05) is 54.8 Å². The summed E-state index contributed by atoms with van der Waals surface area (Å²) in [6.07, 6.45) is 1.46. The van der Waals surface area contributed by atoms with E-state index in [1.54, 1.807) is 24.8 Å². The van der Waals surface area contributed by atoms with Crippen molar-refractivity contribution in [1.82, 2.24) is 4.98 Å². The second-order valence-electron chi connectivity index (χ2n) is 6.84. The summed E-state index contributed by atoms with van der Waals surface area (Å²) in [6, 6.07) is 15.4. The zero-order valence-corrected chi connectivity index (χ0v) is 20.3. The molecule has 6 nitrogen and oxygen atoms in total. The lowest BCUT2D eigenvalue weighted by molar-refractivity contribution is -0.146. The summed E-state index contributed by atoms with van der Waals surface area (Å²) in [4.78, 5) is 31.3. The van der Waals surface area contributed by atoms with Crippen LogP contribution in [-0.2, 0) is 19.1 Å². The van der Waals surface area contributed by atoms with Gasteiger partial charge in [-0.3, -0.25) is 0 Å². The third kappa shape index (κ3) is 6.00. The molecule has 1 heterocycles. The fourth-order valence-corrected chi connectivity index (χ4v) is 4.23. The Labute approximate surface area is 202 Å². The minimum atomic E-state index is -0.726. The molecule has 0 unspecified atom stereocenters. The van der Waals surface area contributed by atoms with Crippen molar-refractivity contribution in [1.29, 1.82) is 0 Å². The molecule has 0 aliphatic heterocycles. The highest BCUT2D eigenvalue weighted by atomic mass is 35.5. The SMILES string of the molecule is CCOC(=O)C(=CN(CC)c1ccc(Cl)c(-c2nc(-c3ccccc3)cs2)c1)C(=O)OCC. The summed E-state index contributed by atoms with van der Waals surface area (Å²) >= 11 is 8.01. The van der Waals surface area contributed by atoms with Gasteiger partial charge in [0.25, 0.3) is 0 Å². The van der Waals surface area contributed by atoms with E-state index in [0.717, 1.165) is 27.5 Å². The molecule has 0 amide bonds. The predicted octanol–water partition coefficient (Wildman–Crippen LogP) is 5.97. The lowest BCUT2D eigenvalue weighted by atomic mass is 10.1. The molecule has 0 saturated heterocycles. The highest BCUT2D eigenvalue weighted by Crippen LogP contribution is 2.36. The second-order valence-corrected chi connectivity index (χ2v) is 8.10. The van der Waals surface area contributed by atoms with Crippen molar-refractivity contribution in [3.05, 3.63) is 70.7 Å². The van der Waals surface area contributed by atoms with Crippen LogP contribution in [0.25, 0.3) is 21.8 Å². The topological polar surface area (TPSA) is 68.7 Å². The fourth-order valence-electron chi connectivity index (χ4n) is 3.11. The van der Waals surface area contributed by atoms with Gasteiger partial charge in [-0.1, -0.05) is 41.9 Å². The number of benzene rings is 2. The molecular weight excluding hydrogens is 460 g/mol. The van der Waals surface area contributed by atoms with E-state index in [1.165, 1.54) is 17.5 Å². The number of halogens is 1. The van der Waals surface area contributed by atoms with E-state index >= 15 is 0 Å². The standard InChI is InChI=1S/C25H25ClN2O4S/c1-4-28(15-20(24(29)31-5-2)25(30)32-6-3)18-12-13-21(26)19(14-18)23-27-22(16-33-23)17-10-8-7-9-11-17/h7-16H,4-6H2,1-3H3. The van der Waals surface area contributed by atoms with Crippen LogP contribution in [0.3, 0.4) is 0 Å². The van der Waals surface area contributed by atoms with E-state index in [9.17, 15) is 9.59 Å². The summed E-state index contributed by atoms with van der Waals surface area (Å²) in [6.45, 7) is 6.08. The Morgan fingerprint density at radius 1 is 1.03 bits per heavy atom. The van der Waals surface area contributed by atoms with Crippen molar-refractivity contribution >= 4 is 40.6 Å². The van der Waals surface area contributed by atoms with Crippen LogP contribution in [0, 0.1) is 0 Å². The van der Waals surface area contributed by atoms with Crippen molar-refractivity contribution in [2.24, 2.45) is 0 Å². The van der Waals surface area contributed by atoms with Crippen molar-refractivity contribution in [3.8, 4) is 21.8 Å². The number of carbonyl (C=O) groups excluding carboxylic acids is 2. The van der Waals surface area contributed by atoms with Gasteiger partial charge >= 0.3 is 11.9 Å². The molecule has 0 bridgehead atoms. The number of rotatable bonds is 9. The zero-order chi connectivity index (χ0) is 23.8. The average Bonchev–Trinajstić information content (AvgIpc) is 3.31. The molecule has 0 aliphatic rings. The highest BCUT2D eigenvalue weighted by Gasteiger charge is 2.23. The summed E-state index contributed by atoms with van der Waals surface area (Å²) in [7, 11) is 0. The maximum atomic E-state index is 12.4. The minimum absolute atomic E-state index is 0.153. The maximum Gasteiger partial charge on any atom is 0.347 e. The number of hydrogen-bond donors (Lipinski definition) is 0. The highest BCUT2D eigenvalue weighted by molar-refractivity contribution is 7.13. The quantitative estimate of drug-likeness (QED) is 0.161. The molecule has 0 N–H and O–H groups in total. The number of hydrogen-bond acceptors (Lipinski definition) is 7. The Kier molecular flexibility index (Phi) is 8.63. The molecule has 8 heteroatoms. The monoisotopic (exact) mass is 484 g/mol. The van der Waals surface area contributed by atoms with Gasteiger partial charge in [0.15, 0.2) is 5.57 Å². The largest absolute Gasteiger partial charge is 0.462 e. The molecule has 1 aromatic heterocycles. The van der Waals surface area contributed by atoms with Crippen LogP contribution in [-0.4, -0.2) is 36.7 Å². The first kappa shape index (κ1) is 24.5. The number of carbonyl (C=O) groups is 2. The fraction of sp³-hybridized carbons (Fsp3) is 0.240. The number of ether oxygens (including phenoxy) is 2. The van der Waals surface area contributed by atoms with Gasteiger partial charge in [-0.15, -0.1) is 11.3 Å². The summed E-state index contributed by atoms with van der Waals surface area (Å²) in [5.74, 6) is -1.45. The minimum Gasteiger partial charge on any atom is -0.462 e. The zero-order valence-electron chi connectivity index (χ0n) is 18.7. The van der Waals surface area contributed by atoms with Crippen LogP contribution in [0.2, 0.25) is 5.02 Å². The third-order valence-electron chi connectivity index (χ3n) is 4.70. The Morgan fingerprint density at radius 3 is 2.30 bits per heavy atom. The Bertz CT molecular complexity index is 1120. The van der Waals surface area contributed by atoms with Gasteiger partial charge < -0.3 is 14.4 Å². The molecule has 2 aromatic carbocycles. The van der Waals surface area contributed by atoms with Crippen molar-refractivity contribution < 1.29 is 19.1 Å². The first-order valence-corrected chi connectivity index (χ1v) is 11.9.